The number of aryl methyl sites for hydroxylation is 1. The highest BCUT2D eigenvalue weighted by molar-refractivity contribution is 5.83. The van der Waals surface area contributed by atoms with Crippen LogP contribution >= 0.6 is 0 Å². The van der Waals surface area contributed by atoms with Crippen LogP contribution in [0.1, 0.15) is 17.5 Å². The third-order valence-corrected chi connectivity index (χ3v) is 4.70. The number of rotatable bonds is 8. The molecule has 0 saturated carbocycles. The van der Waals surface area contributed by atoms with Gasteiger partial charge < -0.3 is 24.5 Å². The molecule has 29 heavy (non-hydrogen) atoms. The standard InChI is InChI=1S/C22H24N2O5/c1-27-17-7-4-14(5-8-17)13-23-21(25)9-6-15-10-16-11-19(28-2)20(29-3)12-18(16)24-22(15)26/h4-5,7-8,10-12H,6,9,13H2,1-3H3,(H,23,25)(H,24,26). The summed E-state index contributed by atoms with van der Waals surface area (Å²) in [6.07, 6.45) is 0.562. The summed E-state index contributed by atoms with van der Waals surface area (Å²) in [4.78, 5) is 27.4. The number of fused-ring (bicyclic) bond motifs is 1. The first-order valence-electron chi connectivity index (χ1n) is 9.21. The molecule has 0 bridgehead atoms. The molecule has 1 amide bonds. The van der Waals surface area contributed by atoms with Gasteiger partial charge in [-0.05, 0) is 36.2 Å². The van der Waals surface area contributed by atoms with Crippen LogP contribution in [0.15, 0.2) is 47.3 Å². The minimum atomic E-state index is -0.215. The van der Waals surface area contributed by atoms with Gasteiger partial charge in [0.05, 0.1) is 26.8 Å². The molecule has 0 atom stereocenters. The van der Waals surface area contributed by atoms with Crippen LogP contribution in [0.25, 0.3) is 10.9 Å². The highest BCUT2D eigenvalue weighted by Crippen LogP contribution is 2.31. The number of nitrogens with one attached hydrogen (secondary N) is 2. The number of H-pyrrole nitrogens is 1. The molecule has 0 spiro atoms. The molecule has 3 aromatic rings. The zero-order valence-corrected chi connectivity index (χ0v) is 16.7. The van der Waals surface area contributed by atoms with Gasteiger partial charge in [0, 0.05) is 30.0 Å². The van der Waals surface area contributed by atoms with Gasteiger partial charge in [0.15, 0.2) is 11.5 Å². The van der Waals surface area contributed by atoms with Gasteiger partial charge in [0.1, 0.15) is 5.75 Å². The molecule has 1 heterocycles. The van der Waals surface area contributed by atoms with Gasteiger partial charge in [-0.2, -0.15) is 0 Å². The minimum Gasteiger partial charge on any atom is -0.497 e. The molecule has 0 aliphatic heterocycles. The number of methoxy groups -OCH3 is 3. The molecule has 0 aliphatic carbocycles. The van der Waals surface area contributed by atoms with E-state index in [0.717, 1.165) is 16.7 Å². The fourth-order valence-corrected chi connectivity index (χ4v) is 3.04. The van der Waals surface area contributed by atoms with Crippen molar-refractivity contribution in [2.45, 2.75) is 19.4 Å². The maximum atomic E-state index is 12.4. The van der Waals surface area contributed by atoms with E-state index in [4.69, 9.17) is 14.2 Å². The maximum absolute atomic E-state index is 12.4. The Hall–Kier alpha value is -3.48. The summed E-state index contributed by atoms with van der Waals surface area (Å²) in [6.45, 7) is 0.425. The van der Waals surface area contributed by atoms with Crippen LogP contribution in [0.3, 0.4) is 0 Å². The third-order valence-electron chi connectivity index (χ3n) is 4.70. The number of aromatic nitrogens is 1. The van der Waals surface area contributed by atoms with Crippen molar-refractivity contribution in [3.63, 3.8) is 0 Å². The van der Waals surface area contributed by atoms with E-state index < -0.39 is 0 Å². The van der Waals surface area contributed by atoms with Crippen LogP contribution in [-0.4, -0.2) is 32.2 Å². The van der Waals surface area contributed by atoms with Crippen LogP contribution in [0.4, 0.5) is 0 Å². The normalized spacial score (nSPS) is 10.6. The van der Waals surface area contributed by atoms with Gasteiger partial charge in [0.25, 0.3) is 5.56 Å². The summed E-state index contributed by atoms with van der Waals surface area (Å²) >= 11 is 0. The van der Waals surface area contributed by atoms with Crippen LogP contribution < -0.4 is 25.1 Å². The number of amides is 1. The van der Waals surface area contributed by atoms with Crippen molar-refractivity contribution in [2.24, 2.45) is 0 Å². The fraction of sp³-hybridized carbons (Fsp3) is 0.273. The number of hydrogen-bond donors (Lipinski definition) is 2. The van der Waals surface area contributed by atoms with Gasteiger partial charge in [-0.3, -0.25) is 9.59 Å². The summed E-state index contributed by atoms with van der Waals surface area (Å²) in [7, 11) is 4.71. The second-order valence-corrected chi connectivity index (χ2v) is 6.54. The SMILES string of the molecule is COc1ccc(CNC(=O)CCc2cc3cc(OC)c(OC)cc3[nH]c2=O)cc1. The lowest BCUT2D eigenvalue weighted by molar-refractivity contribution is -0.121. The van der Waals surface area contributed by atoms with Crippen molar-refractivity contribution in [1.29, 1.82) is 0 Å². The largest absolute Gasteiger partial charge is 0.497 e. The lowest BCUT2D eigenvalue weighted by Crippen LogP contribution is -2.24. The molecule has 7 heteroatoms. The minimum absolute atomic E-state index is 0.118. The maximum Gasteiger partial charge on any atom is 0.251 e. The first-order valence-corrected chi connectivity index (χ1v) is 9.21. The molecule has 0 saturated heterocycles. The van der Waals surface area contributed by atoms with Crippen LogP contribution in [0, 0.1) is 0 Å². The van der Waals surface area contributed by atoms with Gasteiger partial charge in [-0.15, -0.1) is 0 Å². The van der Waals surface area contributed by atoms with E-state index in [2.05, 4.69) is 10.3 Å². The van der Waals surface area contributed by atoms with Gasteiger partial charge >= 0.3 is 0 Å². The Kier molecular flexibility index (Phi) is 6.39. The van der Waals surface area contributed by atoms with E-state index in [-0.39, 0.29) is 17.9 Å². The molecule has 0 aliphatic rings. The van der Waals surface area contributed by atoms with Crippen LogP contribution in [0.2, 0.25) is 0 Å². The average Bonchev–Trinajstić information content (AvgIpc) is 2.75. The molecule has 0 radical (unpaired) electrons. The van der Waals surface area contributed by atoms with Crippen molar-refractivity contribution in [3.05, 3.63) is 63.9 Å². The summed E-state index contributed by atoms with van der Waals surface area (Å²) in [6, 6.07) is 12.8. The summed E-state index contributed by atoms with van der Waals surface area (Å²) in [5.41, 5.74) is 1.96. The number of pyridine rings is 1. The third kappa shape index (κ3) is 4.87. The van der Waals surface area contributed by atoms with Gasteiger partial charge in [-0.25, -0.2) is 0 Å². The van der Waals surface area contributed by atoms with Crippen LogP contribution in [-0.2, 0) is 17.8 Å². The van der Waals surface area contributed by atoms with Gasteiger partial charge in [-0.1, -0.05) is 12.1 Å². The van der Waals surface area contributed by atoms with E-state index in [1.165, 1.54) is 0 Å². The second kappa shape index (κ2) is 9.14. The van der Waals surface area contributed by atoms with Crippen molar-refractivity contribution in [3.8, 4) is 17.2 Å². The van der Waals surface area contributed by atoms with Crippen molar-refractivity contribution in [2.75, 3.05) is 21.3 Å². The lowest BCUT2D eigenvalue weighted by atomic mass is 10.1. The zero-order chi connectivity index (χ0) is 20.8. The Morgan fingerprint density at radius 1 is 0.966 bits per heavy atom. The molecule has 0 unspecified atom stereocenters. The van der Waals surface area contributed by atoms with E-state index in [9.17, 15) is 9.59 Å². The monoisotopic (exact) mass is 396 g/mol. The Morgan fingerprint density at radius 3 is 2.31 bits per heavy atom. The quantitative estimate of drug-likeness (QED) is 0.611. The fourth-order valence-electron chi connectivity index (χ4n) is 3.04. The smallest absolute Gasteiger partial charge is 0.251 e. The van der Waals surface area contributed by atoms with Crippen molar-refractivity contribution in [1.82, 2.24) is 10.3 Å². The Balaban J connectivity index is 1.65. The highest BCUT2D eigenvalue weighted by atomic mass is 16.5. The Morgan fingerprint density at radius 2 is 1.66 bits per heavy atom. The number of hydrogen-bond acceptors (Lipinski definition) is 5. The van der Waals surface area contributed by atoms with E-state index in [1.54, 1.807) is 39.5 Å². The predicted octanol–water partition coefficient (Wildman–Crippen LogP) is 2.80. The molecule has 2 N–H and O–H groups in total. The number of ether oxygens (including phenoxy) is 3. The van der Waals surface area contributed by atoms with Gasteiger partial charge in [0.2, 0.25) is 5.91 Å². The predicted molar refractivity (Wildman–Crippen MR) is 111 cm³/mol. The molecule has 7 nitrogen and oxygen atoms in total. The molecule has 152 valence electrons. The van der Waals surface area contributed by atoms with E-state index >= 15 is 0 Å². The summed E-state index contributed by atoms with van der Waals surface area (Å²) in [5.74, 6) is 1.77. The number of aromatic amines is 1. The highest BCUT2D eigenvalue weighted by Gasteiger charge is 2.11. The molecule has 2 aromatic carbocycles. The summed E-state index contributed by atoms with van der Waals surface area (Å²) < 4.78 is 15.7. The van der Waals surface area contributed by atoms with Crippen molar-refractivity contribution < 1.29 is 19.0 Å². The Bertz CT molecular complexity index is 1060. The van der Waals surface area contributed by atoms with Crippen molar-refractivity contribution >= 4 is 16.8 Å². The summed E-state index contributed by atoms with van der Waals surface area (Å²) in [5, 5.41) is 3.68. The van der Waals surface area contributed by atoms with E-state index in [0.29, 0.717) is 35.5 Å². The molecule has 1 aromatic heterocycles. The zero-order valence-electron chi connectivity index (χ0n) is 16.7. The average molecular weight is 396 g/mol. The number of carbonyl (C=O) groups is 1. The topological polar surface area (TPSA) is 89.7 Å². The molecule has 0 fully saturated rings. The number of benzene rings is 2. The molecular formula is C22H24N2O5. The molecule has 3 rings (SSSR count). The number of carbonyl (C=O) groups excluding carboxylic acids is 1. The molecular weight excluding hydrogens is 372 g/mol. The van der Waals surface area contributed by atoms with Crippen LogP contribution in [0.5, 0.6) is 17.2 Å². The Labute approximate surface area is 168 Å². The van der Waals surface area contributed by atoms with E-state index in [1.807, 2.05) is 24.3 Å². The first kappa shape index (κ1) is 20.3. The lowest BCUT2D eigenvalue weighted by Gasteiger charge is -2.10. The first-order chi connectivity index (χ1) is 14.0. The second-order valence-electron chi connectivity index (χ2n) is 6.54.